The molecule has 0 saturated heterocycles. The van der Waals surface area contributed by atoms with Crippen LogP contribution in [0.25, 0.3) is 5.76 Å². The molecule has 2 rings (SSSR count). The predicted octanol–water partition coefficient (Wildman–Crippen LogP) is 5.55. The van der Waals surface area contributed by atoms with Crippen molar-refractivity contribution < 1.29 is 9.53 Å². The maximum Gasteiger partial charge on any atom is 0.308 e. The van der Waals surface area contributed by atoms with Gasteiger partial charge in [0.2, 0.25) is 0 Å². The second-order valence-electron chi connectivity index (χ2n) is 5.06. The second-order valence-corrected chi connectivity index (χ2v) is 5.97. The molecule has 2 nitrogen and oxygen atoms in total. The summed E-state index contributed by atoms with van der Waals surface area (Å²) in [6.07, 6.45) is 2.96. The van der Waals surface area contributed by atoms with Gasteiger partial charge in [-0.2, -0.15) is 0 Å². The Kier molecular flexibility index (Phi) is 5.96. The number of benzene rings is 2. The first-order valence-electron chi connectivity index (χ1n) is 7.31. The highest BCUT2D eigenvalue weighted by molar-refractivity contribution is 9.10. The molecule has 0 bridgehead atoms. The van der Waals surface area contributed by atoms with Crippen LogP contribution in [-0.2, 0) is 9.53 Å². The van der Waals surface area contributed by atoms with Gasteiger partial charge in [-0.15, -0.1) is 0 Å². The Balaban J connectivity index is 2.38. The van der Waals surface area contributed by atoms with Crippen LogP contribution in [0.5, 0.6) is 0 Å². The van der Waals surface area contributed by atoms with E-state index in [0.29, 0.717) is 5.76 Å². The number of esters is 1. The maximum absolute atomic E-state index is 11.4. The summed E-state index contributed by atoms with van der Waals surface area (Å²) in [5.74, 6) is 0.506. The minimum atomic E-state index is -0.308. The van der Waals surface area contributed by atoms with Crippen molar-refractivity contribution >= 4 is 27.7 Å². The van der Waals surface area contributed by atoms with E-state index < -0.39 is 0 Å². The fourth-order valence-corrected chi connectivity index (χ4v) is 2.56. The average molecular weight is 359 g/mol. The number of hydrogen-bond acceptors (Lipinski definition) is 2. The molecular formula is C19H19BrO2. The summed E-state index contributed by atoms with van der Waals surface area (Å²) in [5.41, 5.74) is 2.11. The Bertz CT molecular complexity index is 645. The number of carbonyl (C=O) groups is 1. The minimum absolute atomic E-state index is 0.208. The van der Waals surface area contributed by atoms with Gasteiger partial charge in [0.05, 0.1) is 0 Å². The third-order valence-corrected chi connectivity index (χ3v) is 3.93. The first-order valence-corrected chi connectivity index (χ1v) is 8.10. The van der Waals surface area contributed by atoms with Crippen LogP contribution < -0.4 is 0 Å². The summed E-state index contributed by atoms with van der Waals surface area (Å²) in [7, 11) is 0. The van der Waals surface area contributed by atoms with E-state index in [1.54, 1.807) is 0 Å². The maximum atomic E-state index is 11.4. The molecule has 3 heteroatoms. The van der Waals surface area contributed by atoms with Crippen molar-refractivity contribution in [2.75, 3.05) is 0 Å². The van der Waals surface area contributed by atoms with Gasteiger partial charge in [-0.25, -0.2) is 0 Å². The molecule has 2 aromatic carbocycles. The third kappa shape index (κ3) is 4.57. The molecular weight excluding hydrogens is 340 g/mol. The van der Waals surface area contributed by atoms with Crippen molar-refractivity contribution in [2.24, 2.45) is 0 Å². The zero-order valence-corrected chi connectivity index (χ0v) is 14.3. The molecule has 1 atom stereocenters. The number of halogens is 1. The van der Waals surface area contributed by atoms with Gasteiger partial charge in [0.15, 0.2) is 0 Å². The summed E-state index contributed by atoms with van der Waals surface area (Å²) < 4.78 is 6.43. The average Bonchev–Trinajstić information content (AvgIpc) is 2.52. The van der Waals surface area contributed by atoms with Gasteiger partial charge in [0, 0.05) is 22.9 Å². The fourth-order valence-electron chi connectivity index (χ4n) is 2.29. The Morgan fingerprint density at radius 1 is 1.14 bits per heavy atom. The summed E-state index contributed by atoms with van der Waals surface area (Å²) in [6, 6.07) is 18.0. The molecule has 0 spiro atoms. The lowest BCUT2D eigenvalue weighted by Gasteiger charge is -2.14. The third-order valence-electron chi connectivity index (χ3n) is 3.40. The molecule has 2 aromatic rings. The monoisotopic (exact) mass is 358 g/mol. The van der Waals surface area contributed by atoms with Gasteiger partial charge in [0.1, 0.15) is 5.76 Å². The highest BCUT2D eigenvalue weighted by atomic mass is 79.9. The van der Waals surface area contributed by atoms with Crippen LogP contribution in [0.4, 0.5) is 0 Å². The molecule has 0 aromatic heterocycles. The quantitative estimate of drug-likeness (QED) is 0.517. The zero-order chi connectivity index (χ0) is 15.9. The summed E-state index contributed by atoms with van der Waals surface area (Å²) >= 11 is 3.42. The standard InChI is InChI=1S/C19H19BrO2/c1-3-15(16-7-5-4-6-8-16)13-19(22-14(2)21)17-9-11-18(20)12-10-17/h4-13,15H,3H2,1-2H3/b19-13-/t15-/m1/s1. The summed E-state index contributed by atoms with van der Waals surface area (Å²) in [6.45, 7) is 3.55. The van der Waals surface area contributed by atoms with E-state index in [0.717, 1.165) is 16.5 Å². The lowest BCUT2D eigenvalue weighted by molar-refractivity contribution is -0.134. The summed E-state index contributed by atoms with van der Waals surface area (Å²) in [5, 5.41) is 0. The van der Waals surface area contributed by atoms with Gasteiger partial charge in [-0.1, -0.05) is 65.3 Å². The van der Waals surface area contributed by atoms with Crippen LogP contribution in [-0.4, -0.2) is 5.97 Å². The van der Waals surface area contributed by atoms with E-state index >= 15 is 0 Å². The highest BCUT2D eigenvalue weighted by Gasteiger charge is 2.12. The van der Waals surface area contributed by atoms with Gasteiger partial charge in [-0.3, -0.25) is 4.79 Å². The van der Waals surface area contributed by atoms with Crippen molar-refractivity contribution in [2.45, 2.75) is 26.2 Å². The predicted molar refractivity (Wildman–Crippen MR) is 93.4 cm³/mol. The van der Waals surface area contributed by atoms with Crippen LogP contribution in [0.1, 0.15) is 37.3 Å². The first kappa shape index (κ1) is 16.5. The van der Waals surface area contributed by atoms with Crippen LogP contribution in [0.3, 0.4) is 0 Å². The number of carbonyl (C=O) groups excluding carboxylic acids is 1. The Labute approximate surface area is 139 Å². The lowest BCUT2D eigenvalue weighted by atomic mass is 9.94. The highest BCUT2D eigenvalue weighted by Crippen LogP contribution is 2.27. The topological polar surface area (TPSA) is 26.3 Å². The van der Waals surface area contributed by atoms with Gasteiger partial charge in [-0.05, 0) is 30.2 Å². The van der Waals surface area contributed by atoms with E-state index in [-0.39, 0.29) is 11.9 Å². The SMILES string of the molecule is CC[C@H](/C=C(\OC(C)=O)c1ccc(Br)cc1)c1ccccc1. The second kappa shape index (κ2) is 7.95. The van der Waals surface area contributed by atoms with Crippen molar-refractivity contribution in [3.8, 4) is 0 Å². The van der Waals surface area contributed by atoms with E-state index in [9.17, 15) is 4.79 Å². The molecule has 0 saturated carbocycles. The van der Waals surface area contributed by atoms with Gasteiger partial charge < -0.3 is 4.74 Å². The van der Waals surface area contributed by atoms with Crippen molar-refractivity contribution in [1.82, 2.24) is 0 Å². The molecule has 0 amide bonds. The Morgan fingerprint density at radius 2 is 1.77 bits per heavy atom. The van der Waals surface area contributed by atoms with E-state index in [4.69, 9.17) is 4.74 Å². The van der Waals surface area contributed by atoms with Crippen LogP contribution in [0.2, 0.25) is 0 Å². The fraction of sp³-hybridized carbons (Fsp3) is 0.211. The molecule has 0 radical (unpaired) electrons. The minimum Gasteiger partial charge on any atom is -0.426 e. The number of allylic oxidation sites excluding steroid dienone is 1. The van der Waals surface area contributed by atoms with Crippen molar-refractivity contribution in [3.63, 3.8) is 0 Å². The van der Waals surface area contributed by atoms with E-state index in [1.165, 1.54) is 12.5 Å². The normalized spacial score (nSPS) is 12.8. The van der Waals surface area contributed by atoms with Crippen molar-refractivity contribution in [1.29, 1.82) is 0 Å². The summed E-state index contributed by atoms with van der Waals surface area (Å²) in [4.78, 5) is 11.4. The first-order chi connectivity index (χ1) is 10.6. The number of ether oxygens (including phenoxy) is 1. The molecule has 0 N–H and O–H groups in total. The Morgan fingerprint density at radius 3 is 2.32 bits per heavy atom. The van der Waals surface area contributed by atoms with E-state index in [2.05, 4.69) is 35.0 Å². The number of rotatable bonds is 5. The molecule has 0 heterocycles. The Hall–Kier alpha value is -1.87. The molecule has 114 valence electrons. The van der Waals surface area contributed by atoms with Gasteiger partial charge in [0.25, 0.3) is 0 Å². The molecule has 22 heavy (non-hydrogen) atoms. The smallest absolute Gasteiger partial charge is 0.308 e. The molecule has 0 unspecified atom stereocenters. The molecule has 0 fully saturated rings. The largest absolute Gasteiger partial charge is 0.426 e. The van der Waals surface area contributed by atoms with Crippen LogP contribution >= 0.6 is 15.9 Å². The zero-order valence-electron chi connectivity index (χ0n) is 12.8. The molecule has 0 aliphatic heterocycles. The van der Waals surface area contributed by atoms with E-state index in [1.807, 2.05) is 48.5 Å². The van der Waals surface area contributed by atoms with Gasteiger partial charge >= 0.3 is 5.97 Å². The van der Waals surface area contributed by atoms with Crippen LogP contribution in [0.15, 0.2) is 65.1 Å². The lowest BCUT2D eigenvalue weighted by Crippen LogP contribution is -2.02. The van der Waals surface area contributed by atoms with Crippen LogP contribution in [0, 0.1) is 0 Å². The molecule has 0 aliphatic rings. The molecule has 0 aliphatic carbocycles. The van der Waals surface area contributed by atoms with Crippen molar-refractivity contribution in [3.05, 3.63) is 76.3 Å². The number of hydrogen-bond donors (Lipinski definition) is 0.